The van der Waals surface area contributed by atoms with E-state index in [0.717, 1.165) is 11.3 Å². The van der Waals surface area contributed by atoms with Crippen LogP contribution in [0.4, 0.5) is 0 Å². The molecule has 2 rings (SSSR count). The van der Waals surface area contributed by atoms with Gasteiger partial charge < -0.3 is 24.8 Å². The maximum absolute atomic E-state index is 11.8. The highest BCUT2D eigenvalue weighted by Gasteiger charge is 2.17. The van der Waals surface area contributed by atoms with Crippen molar-refractivity contribution in [1.29, 1.82) is 0 Å². The maximum Gasteiger partial charge on any atom is 0.303 e. The number of methoxy groups -OCH3 is 1. The average molecular weight is 348 g/mol. The number of aliphatic carboxylic acids is 1. The number of carboxylic acids is 1. The Morgan fingerprint density at radius 3 is 2.60 bits per heavy atom. The lowest BCUT2D eigenvalue weighted by Gasteiger charge is -2.10. The van der Waals surface area contributed by atoms with Crippen LogP contribution in [0.5, 0.6) is 5.75 Å². The molecule has 1 amide bonds. The van der Waals surface area contributed by atoms with E-state index in [2.05, 4.69) is 10.5 Å². The molecule has 0 aliphatic heterocycles. The summed E-state index contributed by atoms with van der Waals surface area (Å²) in [5, 5.41) is 24.4. The highest BCUT2D eigenvalue weighted by atomic mass is 16.5. The van der Waals surface area contributed by atoms with Gasteiger partial charge in [-0.3, -0.25) is 9.59 Å². The highest BCUT2D eigenvalue weighted by Crippen LogP contribution is 2.22. The van der Waals surface area contributed by atoms with Gasteiger partial charge in [0, 0.05) is 30.6 Å². The van der Waals surface area contributed by atoms with E-state index in [1.54, 1.807) is 13.2 Å². The van der Waals surface area contributed by atoms with Crippen LogP contribution < -0.4 is 10.1 Å². The fourth-order valence-electron chi connectivity index (χ4n) is 2.26. The molecular formula is C17H20N2O6. The van der Waals surface area contributed by atoms with E-state index in [4.69, 9.17) is 19.5 Å². The minimum Gasteiger partial charge on any atom is -0.497 e. The quantitative estimate of drug-likeness (QED) is 0.627. The van der Waals surface area contributed by atoms with E-state index in [1.807, 2.05) is 24.3 Å². The van der Waals surface area contributed by atoms with Crippen LogP contribution in [0.3, 0.4) is 0 Å². The molecule has 1 aromatic heterocycles. The first kappa shape index (κ1) is 18.5. The van der Waals surface area contributed by atoms with Crippen LogP contribution in [-0.4, -0.2) is 41.0 Å². The molecule has 1 atom stereocenters. The Morgan fingerprint density at radius 1 is 1.28 bits per heavy atom. The number of carbonyl (C=O) groups is 2. The van der Waals surface area contributed by atoms with Crippen LogP contribution in [0, 0.1) is 5.92 Å². The number of hydrogen-bond acceptors (Lipinski definition) is 6. The van der Waals surface area contributed by atoms with E-state index in [0.29, 0.717) is 11.5 Å². The summed E-state index contributed by atoms with van der Waals surface area (Å²) in [5.74, 6) is -0.812. The standard InChI is InChI=1S/C17H20N2O6/c1-24-13-4-2-12(3-5-13)15-8-14(25-19-15)9-18-16(21)6-11(10-20)7-17(22)23/h2-5,8,11,20H,6-7,9-10H2,1H3,(H,18,21)(H,22,23). The van der Waals surface area contributed by atoms with E-state index in [9.17, 15) is 9.59 Å². The van der Waals surface area contributed by atoms with Crippen molar-refractivity contribution < 1.29 is 29.1 Å². The lowest BCUT2D eigenvalue weighted by Crippen LogP contribution is -2.27. The summed E-state index contributed by atoms with van der Waals surface area (Å²) in [6.07, 6.45) is -0.323. The highest BCUT2D eigenvalue weighted by molar-refractivity contribution is 5.77. The fraction of sp³-hybridized carbons (Fsp3) is 0.353. The minimum absolute atomic E-state index is 0.0672. The normalized spacial score (nSPS) is 11.8. The summed E-state index contributed by atoms with van der Waals surface area (Å²) >= 11 is 0. The number of hydrogen-bond donors (Lipinski definition) is 3. The lowest BCUT2D eigenvalue weighted by atomic mass is 10.0. The monoisotopic (exact) mass is 348 g/mol. The first-order valence-electron chi connectivity index (χ1n) is 7.71. The molecule has 134 valence electrons. The third-order valence-corrected chi connectivity index (χ3v) is 3.60. The number of aromatic nitrogens is 1. The van der Waals surface area contributed by atoms with Crippen LogP contribution >= 0.6 is 0 Å². The van der Waals surface area contributed by atoms with E-state index < -0.39 is 11.9 Å². The van der Waals surface area contributed by atoms with E-state index >= 15 is 0 Å². The summed E-state index contributed by atoms with van der Waals surface area (Å²) in [6.45, 7) is -0.225. The SMILES string of the molecule is COc1ccc(-c2cc(CNC(=O)CC(CO)CC(=O)O)on2)cc1. The Labute approximate surface area is 144 Å². The third-order valence-electron chi connectivity index (χ3n) is 3.60. The smallest absolute Gasteiger partial charge is 0.303 e. The second-order valence-corrected chi connectivity index (χ2v) is 5.53. The first-order chi connectivity index (χ1) is 12.0. The lowest BCUT2D eigenvalue weighted by molar-refractivity contribution is -0.138. The molecular weight excluding hydrogens is 328 g/mol. The Morgan fingerprint density at radius 2 is 2.00 bits per heavy atom. The predicted octanol–water partition coefficient (Wildman–Crippen LogP) is 1.44. The summed E-state index contributed by atoms with van der Waals surface area (Å²) in [6, 6.07) is 9.02. The van der Waals surface area contributed by atoms with Gasteiger partial charge in [0.05, 0.1) is 20.1 Å². The molecule has 1 heterocycles. The molecule has 0 radical (unpaired) electrons. The van der Waals surface area contributed by atoms with Gasteiger partial charge in [-0.15, -0.1) is 0 Å². The minimum atomic E-state index is -1.05. The molecule has 25 heavy (non-hydrogen) atoms. The molecule has 0 aliphatic rings. The second kappa shape index (κ2) is 8.84. The van der Waals surface area contributed by atoms with Crippen molar-refractivity contribution in [2.75, 3.05) is 13.7 Å². The summed E-state index contributed by atoms with van der Waals surface area (Å²) in [7, 11) is 1.59. The van der Waals surface area contributed by atoms with Crippen molar-refractivity contribution in [2.24, 2.45) is 5.92 Å². The third kappa shape index (κ3) is 5.61. The number of nitrogens with zero attached hydrogens (tertiary/aromatic N) is 1. The summed E-state index contributed by atoms with van der Waals surface area (Å²) < 4.78 is 10.3. The van der Waals surface area contributed by atoms with Gasteiger partial charge in [-0.1, -0.05) is 5.16 Å². The Bertz CT molecular complexity index is 710. The van der Waals surface area contributed by atoms with Crippen LogP contribution in [-0.2, 0) is 16.1 Å². The molecule has 2 aromatic rings. The van der Waals surface area contributed by atoms with Gasteiger partial charge >= 0.3 is 5.97 Å². The average Bonchev–Trinajstić information content (AvgIpc) is 3.08. The van der Waals surface area contributed by atoms with Crippen LogP contribution in [0.25, 0.3) is 11.3 Å². The number of carbonyl (C=O) groups excluding carboxylic acids is 1. The van der Waals surface area contributed by atoms with Crippen molar-refractivity contribution in [1.82, 2.24) is 10.5 Å². The van der Waals surface area contributed by atoms with Gasteiger partial charge in [0.15, 0.2) is 5.76 Å². The van der Waals surface area contributed by atoms with Crippen LogP contribution in [0.1, 0.15) is 18.6 Å². The summed E-state index contributed by atoms with van der Waals surface area (Å²) in [4.78, 5) is 22.5. The molecule has 0 bridgehead atoms. The first-order valence-corrected chi connectivity index (χ1v) is 7.71. The number of carboxylic acid groups (broad SMARTS) is 1. The van der Waals surface area contributed by atoms with Gasteiger partial charge in [-0.05, 0) is 24.3 Å². The molecule has 8 nitrogen and oxygen atoms in total. The van der Waals surface area contributed by atoms with Crippen LogP contribution in [0.2, 0.25) is 0 Å². The van der Waals surface area contributed by atoms with Gasteiger partial charge in [0.25, 0.3) is 0 Å². The Balaban J connectivity index is 1.88. The molecule has 0 spiro atoms. The fourth-order valence-corrected chi connectivity index (χ4v) is 2.26. The molecule has 0 fully saturated rings. The molecule has 1 unspecified atom stereocenters. The van der Waals surface area contributed by atoms with Gasteiger partial charge in [-0.25, -0.2) is 0 Å². The zero-order chi connectivity index (χ0) is 18.2. The van der Waals surface area contributed by atoms with Crippen LogP contribution in [0.15, 0.2) is 34.9 Å². The zero-order valence-electron chi connectivity index (χ0n) is 13.8. The molecule has 0 saturated heterocycles. The van der Waals surface area contributed by atoms with Crippen molar-refractivity contribution in [3.63, 3.8) is 0 Å². The van der Waals surface area contributed by atoms with Gasteiger partial charge in [-0.2, -0.15) is 0 Å². The van der Waals surface area contributed by atoms with Crippen molar-refractivity contribution in [3.05, 3.63) is 36.1 Å². The second-order valence-electron chi connectivity index (χ2n) is 5.53. The number of rotatable bonds is 9. The van der Waals surface area contributed by atoms with Crippen molar-refractivity contribution in [2.45, 2.75) is 19.4 Å². The van der Waals surface area contributed by atoms with E-state index in [1.165, 1.54) is 0 Å². The molecule has 3 N–H and O–H groups in total. The number of aliphatic hydroxyl groups is 1. The molecule has 8 heteroatoms. The number of benzene rings is 1. The zero-order valence-corrected chi connectivity index (χ0v) is 13.8. The molecule has 1 aromatic carbocycles. The van der Waals surface area contributed by atoms with Crippen molar-refractivity contribution >= 4 is 11.9 Å². The van der Waals surface area contributed by atoms with E-state index in [-0.39, 0.29) is 31.9 Å². The number of nitrogens with one attached hydrogen (secondary N) is 1. The Hall–Kier alpha value is -2.87. The molecule has 0 aliphatic carbocycles. The number of amides is 1. The van der Waals surface area contributed by atoms with Gasteiger partial charge in [0.2, 0.25) is 5.91 Å². The van der Waals surface area contributed by atoms with Gasteiger partial charge in [0.1, 0.15) is 11.4 Å². The number of aliphatic hydroxyl groups excluding tert-OH is 1. The predicted molar refractivity (Wildman–Crippen MR) is 87.8 cm³/mol. The number of ether oxygens (including phenoxy) is 1. The summed E-state index contributed by atoms with van der Waals surface area (Å²) in [5.41, 5.74) is 1.48. The van der Waals surface area contributed by atoms with Crippen molar-refractivity contribution in [3.8, 4) is 17.0 Å². The maximum atomic E-state index is 11.8. The Kier molecular flexibility index (Phi) is 6.53. The molecule has 0 saturated carbocycles. The topological polar surface area (TPSA) is 122 Å². The largest absolute Gasteiger partial charge is 0.497 e.